The first-order valence-corrected chi connectivity index (χ1v) is 5.47. The fourth-order valence-electron chi connectivity index (χ4n) is 1.24. The van der Waals surface area contributed by atoms with Gasteiger partial charge < -0.3 is 9.47 Å². The average molecular weight is 266 g/mol. The molecule has 7 heteroatoms. The predicted octanol–water partition coefficient (Wildman–Crippen LogP) is -0.00740. The number of hydrogen-bond acceptors (Lipinski definition) is 6. The monoisotopic (exact) mass is 266 g/mol. The van der Waals surface area contributed by atoms with Crippen LogP contribution in [0.3, 0.4) is 0 Å². The Labute approximate surface area is 109 Å². The second-order valence-corrected chi connectivity index (χ2v) is 3.53. The Morgan fingerprint density at radius 2 is 2.11 bits per heavy atom. The van der Waals surface area contributed by atoms with E-state index in [1.807, 2.05) is 0 Å². The van der Waals surface area contributed by atoms with Crippen LogP contribution in [0.15, 0.2) is 23.1 Å². The molecule has 1 rings (SSSR count). The molecule has 1 aromatic heterocycles. The van der Waals surface area contributed by atoms with Crippen molar-refractivity contribution in [3.8, 4) is 0 Å². The van der Waals surface area contributed by atoms with Crippen LogP contribution in [-0.4, -0.2) is 35.9 Å². The lowest BCUT2D eigenvalue weighted by Gasteiger charge is -2.03. The summed E-state index contributed by atoms with van der Waals surface area (Å²) in [4.78, 5) is 33.5. The minimum absolute atomic E-state index is 0.0702. The number of carbonyl (C=O) groups excluding carboxylic acids is 2. The van der Waals surface area contributed by atoms with Crippen molar-refractivity contribution in [2.45, 2.75) is 13.0 Å². The van der Waals surface area contributed by atoms with Gasteiger partial charge in [0.05, 0.1) is 33.4 Å². The van der Waals surface area contributed by atoms with Crippen molar-refractivity contribution in [3.63, 3.8) is 0 Å². The van der Waals surface area contributed by atoms with Gasteiger partial charge in [-0.2, -0.15) is 5.10 Å². The third-order valence-corrected chi connectivity index (χ3v) is 2.26. The summed E-state index contributed by atoms with van der Waals surface area (Å²) in [6.45, 7) is 0.145. The highest BCUT2D eigenvalue weighted by molar-refractivity contribution is 5.86. The smallest absolute Gasteiger partial charge is 0.330 e. The Morgan fingerprint density at radius 1 is 1.37 bits per heavy atom. The molecule has 0 saturated heterocycles. The van der Waals surface area contributed by atoms with Crippen LogP contribution in [0.4, 0.5) is 0 Å². The Bertz CT molecular complexity index is 547. The number of esters is 2. The van der Waals surface area contributed by atoms with Crippen LogP contribution >= 0.6 is 0 Å². The molecule has 0 amide bonds. The zero-order valence-corrected chi connectivity index (χ0v) is 10.7. The lowest BCUT2D eigenvalue weighted by Crippen LogP contribution is -2.23. The van der Waals surface area contributed by atoms with Crippen molar-refractivity contribution >= 4 is 18.0 Å². The summed E-state index contributed by atoms with van der Waals surface area (Å²) < 4.78 is 10.0. The second-order valence-electron chi connectivity index (χ2n) is 3.53. The van der Waals surface area contributed by atoms with Crippen molar-refractivity contribution in [1.29, 1.82) is 0 Å². The van der Waals surface area contributed by atoms with Gasteiger partial charge in [0.25, 0.3) is 5.56 Å². The largest absolute Gasteiger partial charge is 0.469 e. The Kier molecular flexibility index (Phi) is 5.46. The van der Waals surface area contributed by atoms with E-state index in [0.29, 0.717) is 5.56 Å². The van der Waals surface area contributed by atoms with E-state index >= 15 is 0 Å². The van der Waals surface area contributed by atoms with Crippen LogP contribution in [0.1, 0.15) is 12.0 Å². The van der Waals surface area contributed by atoms with Crippen molar-refractivity contribution in [2.24, 2.45) is 0 Å². The number of hydrogen-bond donors (Lipinski definition) is 0. The molecule has 0 bridgehead atoms. The van der Waals surface area contributed by atoms with Gasteiger partial charge in [0.1, 0.15) is 0 Å². The number of rotatable bonds is 5. The first-order valence-electron chi connectivity index (χ1n) is 5.47. The van der Waals surface area contributed by atoms with E-state index < -0.39 is 11.9 Å². The standard InChI is InChI=1S/C12H14N2O5/c1-18-11(16)4-3-9-7-10(15)14(13-8-9)6-5-12(17)19-2/h3-4,7-8H,5-6H2,1-2H3/b4-3+. The maximum atomic E-state index is 11.7. The molecule has 0 atom stereocenters. The minimum atomic E-state index is -0.519. The summed E-state index contributed by atoms with van der Waals surface area (Å²) in [5, 5.41) is 3.88. The normalized spacial score (nSPS) is 10.4. The summed E-state index contributed by atoms with van der Waals surface area (Å²) in [7, 11) is 2.54. The number of ether oxygens (including phenoxy) is 2. The highest BCUT2D eigenvalue weighted by Gasteiger charge is 2.03. The molecule has 0 unspecified atom stereocenters. The molecule has 0 aliphatic heterocycles. The topological polar surface area (TPSA) is 87.5 Å². The van der Waals surface area contributed by atoms with E-state index in [0.717, 1.165) is 4.68 Å². The molecule has 1 aromatic rings. The Hall–Kier alpha value is -2.44. The van der Waals surface area contributed by atoms with Crippen LogP contribution in [0.25, 0.3) is 6.08 Å². The van der Waals surface area contributed by atoms with Gasteiger partial charge in [0.15, 0.2) is 0 Å². The van der Waals surface area contributed by atoms with Gasteiger partial charge in [-0.1, -0.05) is 0 Å². The first kappa shape index (κ1) is 14.6. The highest BCUT2D eigenvalue weighted by atomic mass is 16.5. The van der Waals surface area contributed by atoms with E-state index in [1.165, 1.54) is 38.6 Å². The average Bonchev–Trinajstić information content (AvgIpc) is 2.43. The molecular formula is C12H14N2O5. The molecule has 1 heterocycles. The van der Waals surface area contributed by atoms with Crippen LogP contribution in [0.2, 0.25) is 0 Å². The summed E-state index contributed by atoms with van der Waals surface area (Å²) in [5.74, 6) is -0.932. The third-order valence-electron chi connectivity index (χ3n) is 2.26. The molecule has 0 radical (unpaired) electrons. The fourth-order valence-corrected chi connectivity index (χ4v) is 1.24. The Balaban J connectivity index is 2.75. The molecule has 0 aliphatic rings. The van der Waals surface area contributed by atoms with Gasteiger partial charge in [-0.15, -0.1) is 0 Å². The van der Waals surface area contributed by atoms with E-state index in [1.54, 1.807) is 0 Å². The van der Waals surface area contributed by atoms with Crippen molar-refractivity contribution in [3.05, 3.63) is 34.3 Å². The predicted molar refractivity (Wildman–Crippen MR) is 66.2 cm³/mol. The summed E-state index contributed by atoms with van der Waals surface area (Å²) in [5.41, 5.74) is 0.112. The number of aromatic nitrogens is 2. The fraction of sp³-hybridized carbons (Fsp3) is 0.333. The minimum Gasteiger partial charge on any atom is -0.469 e. The summed E-state index contributed by atoms with van der Waals surface area (Å²) >= 11 is 0. The molecular weight excluding hydrogens is 252 g/mol. The van der Waals surface area contributed by atoms with E-state index in [-0.39, 0.29) is 18.5 Å². The lowest BCUT2D eigenvalue weighted by molar-refractivity contribution is -0.141. The molecule has 0 aliphatic carbocycles. The summed E-state index contributed by atoms with van der Waals surface area (Å²) in [6, 6.07) is 1.31. The third kappa shape index (κ3) is 4.74. The second kappa shape index (κ2) is 7.10. The molecule has 7 nitrogen and oxygen atoms in total. The van der Waals surface area contributed by atoms with Crippen molar-refractivity contribution in [2.75, 3.05) is 14.2 Å². The molecule has 19 heavy (non-hydrogen) atoms. The first-order chi connectivity index (χ1) is 9.06. The van der Waals surface area contributed by atoms with Gasteiger partial charge in [0.2, 0.25) is 0 Å². The van der Waals surface area contributed by atoms with Gasteiger partial charge in [-0.05, 0) is 6.08 Å². The molecule has 0 aromatic carbocycles. The molecule has 0 saturated carbocycles. The summed E-state index contributed by atoms with van der Waals surface area (Å²) in [6.07, 6.45) is 4.10. The van der Waals surface area contributed by atoms with Gasteiger partial charge in [-0.3, -0.25) is 9.59 Å². The van der Waals surface area contributed by atoms with Gasteiger partial charge in [-0.25, -0.2) is 9.48 Å². The number of nitrogens with zero attached hydrogens (tertiary/aromatic N) is 2. The SMILES string of the molecule is COC(=O)/C=C/c1cnn(CCC(=O)OC)c(=O)c1. The maximum absolute atomic E-state index is 11.7. The highest BCUT2D eigenvalue weighted by Crippen LogP contribution is 1.97. The number of carbonyl (C=O) groups is 2. The molecule has 0 fully saturated rings. The Morgan fingerprint density at radius 3 is 2.68 bits per heavy atom. The lowest BCUT2D eigenvalue weighted by atomic mass is 10.3. The van der Waals surface area contributed by atoms with Crippen molar-refractivity contribution < 1.29 is 19.1 Å². The molecule has 0 spiro atoms. The van der Waals surface area contributed by atoms with Crippen LogP contribution < -0.4 is 5.56 Å². The number of aryl methyl sites for hydroxylation is 1. The van der Waals surface area contributed by atoms with Crippen molar-refractivity contribution in [1.82, 2.24) is 9.78 Å². The van der Waals surface area contributed by atoms with Crippen LogP contribution in [0.5, 0.6) is 0 Å². The quantitative estimate of drug-likeness (QED) is 0.550. The van der Waals surface area contributed by atoms with Crippen LogP contribution in [-0.2, 0) is 25.6 Å². The maximum Gasteiger partial charge on any atom is 0.330 e. The van der Waals surface area contributed by atoms with E-state index in [4.69, 9.17) is 0 Å². The zero-order chi connectivity index (χ0) is 14.3. The van der Waals surface area contributed by atoms with E-state index in [2.05, 4.69) is 14.6 Å². The zero-order valence-electron chi connectivity index (χ0n) is 10.7. The molecule has 102 valence electrons. The van der Waals surface area contributed by atoms with Gasteiger partial charge >= 0.3 is 11.9 Å². The number of methoxy groups -OCH3 is 2. The molecule has 0 N–H and O–H groups in total. The van der Waals surface area contributed by atoms with Crippen LogP contribution in [0, 0.1) is 0 Å². The van der Waals surface area contributed by atoms with E-state index in [9.17, 15) is 14.4 Å². The van der Waals surface area contributed by atoms with Gasteiger partial charge in [0, 0.05) is 17.7 Å².